The van der Waals surface area contributed by atoms with Gasteiger partial charge in [0.05, 0.1) is 11.9 Å². The van der Waals surface area contributed by atoms with Gasteiger partial charge < -0.3 is 10.6 Å². The summed E-state index contributed by atoms with van der Waals surface area (Å²) in [4.78, 5) is 10.5. The Morgan fingerprint density at radius 3 is 2.71 bits per heavy atom. The first kappa shape index (κ1) is 12.1. The van der Waals surface area contributed by atoms with Crippen LogP contribution in [0.1, 0.15) is 33.1 Å². The van der Waals surface area contributed by atoms with Gasteiger partial charge in [0.25, 0.3) is 0 Å². The maximum atomic E-state index is 5.90. The van der Waals surface area contributed by atoms with Gasteiger partial charge in [-0.1, -0.05) is 13.8 Å². The van der Waals surface area contributed by atoms with Crippen molar-refractivity contribution in [2.24, 2.45) is 11.8 Å². The zero-order valence-electron chi connectivity index (χ0n) is 10.8. The quantitative estimate of drug-likeness (QED) is 0.872. The molecule has 0 bridgehead atoms. The van der Waals surface area contributed by atoms with E-state index in [1.54, 1.807) is 12.5 Å². The molecule has 2 N–H and O–H groups in total. The monoisotopic (exact) mass is 234 g/mol. The maximum absolute atomic E-state index is 5.90. The minimum Gasteiger partial charge on any atom is -0.394 e. The normalized spacial score (nSPS) is 17.7. The second-order valence-corrected chi connectivity index (χ2v) is 5.36. The van der Waals surface area contributed by atoms with Crippen LogP contribution in [0.25, 0.3) is 0 Å². The van der Waals surface area contributed by atoms with Gasteiger partial charge in [-0.15, -0.1) is 0 Å². The van der Waals surface area contributed by atoms with Crippen LogP contribution in [0.4, 0.5) is 11.5 Å². The van der Waals surface area contributed by atoms with E-state index in [1.807, 2.05) is 0 Å². The average Bonchev–Trinajstić information content (AvgIpc) is 2.30. The van der Waals surface area contributed by atoms with Crippen molar-refractivity contribution in [3.05, 3.63) is 12.5 Å². The largest absolute Gasteiger partial charge is 0.394 e. The molecule has 1 fully saturated rings. The fraction of sp³-hybridized carbons (Fsp3) is 0.692. The molecule has 1 aliphatic rings. The van der Waals surface area contributed by atoms with Crippen LogP contribution in [0.3, 0.4) is 0 Å². The Bertz CT molecular complexity index is 356. The second-order valence-electron chi connectivity index (χ2n) is 5.36. The summed E-state index contributed by atoms with van der Waals surface area (Å²) >= 11 is 0. The summed E-state index contributed by atoms with van der Waals surface area (Å²) in [7, 11) is 0. The van der Waals surface area contributed by atoms with Crippen molar-refractivity contribution in [1.82, 2.24) is 9.97 Å². The molecule has 0 unspecified atom stereocenters. The molecule has 0 spiro atoms. The van der Waals surface area contributed by atoms with E-state index in [-0.39, 0.29) is 0 Å². The molecule has 17 heavy (non-hydrogen) atoms. The third-order valence-electron chi connectivity index (χ3n) is 3.44. The third-order valence-corrected chi connectivity index (χ3v) is 3.44. The lowest BCUT2D eigenvalue weighted by Crippen LogP contribution is -2.35. The number of nitrogens with zero attached hydrogens (tertiary/aromatic N) is 3. The van der Waals surface area contributed by atoms with Gasteiger partial charge >= 0.3 is 0 Å². The SMILES string of the molecule is CC(C)CC1CCN(c2ncncc2N)CC1. The Morgan fingerprint density at radius 2 is 2.12 bits per heavy atom. The molecular formula is C13H22N4. The van der Waals surface area contributed by atoms with Crippen LogP contribution in [0.15, 0.2) is 12.5 Å². The fourth-order valence-corrected chi connectivity index (χ4v) is 2.65. The number of aromatic nitrogens is 2. The van der Waals surface area contributed by atoms with Crippen molar-refractivity contribution < 1.29 is 0 Å². The van der Waals surface area contributed by atoms with Gasteiger partial charge in [-0.05, 0) is 31.1 Å². The molecule has 4 nitrogen and oxygen atoms in total. The molecule has 1 aromatic heterocycles. The predicted octanol–water partition coefficient (Wildman–Crippen LogP) is 2.32. The Hall–Kier alpha value is -1.32. The van der Waals surface area contributed by atoms with Crippen LogP contribution in [-0.2, 0) is 0 Å². The number of piperidine rings is 1. The van der Waals surface area contributed by atoms with E-state index in [1.165, 1.54) is 19.3 Å². The van der Waals surface area contributed by atoms with Crippen LogP contribution in [0.5, 0.6) is 0 Å². The molecule has 0 saturated carbocycles. The van der Waals surface area contributed by atoms with Gasteiger partial charge in [-0.25, -0.2) is 9.97 Å². The number of hydrogen-bond donors (Lipinski definition) is 1. The van der Waals surface area contributed by atoms with E-state index in [0.717, 1.165) is 30.7 Å². The highest BCUT2D eigenvalue weighted by Gasteiger charge is 2.21. The molecule has 2 rings (SSSR count). The summed E-state index contributed by atoms with van der Waals surface area (Å²) in [5.74, 6) is 2.58. The lowest BCUT2D eigenvalue weighted by atomic mass is 9.88. The maximum Gasteiger partial charge on any atom is 0.155 e. The van der Waals surface area contributed by atoms with Gasteiger partial charge in [0, 0.05) is 13.1 Å². The minimum atomic E-state index is 0.690. The highest BCUT2D eigenvalue weighted by Crippen LogP contribution is 2.28. The molecule has 94 valence electrons. The molecule has 2 heterocycles. The summed E-state index contributed by atoms with van der Waals surface area (Å²) in [5.41, 5.74) is 6.59. The first-order chi connectivity index (χ1) is 8.16. The second kappa shape index (κ2) is 5.34. The Balaban J connectivity index is 1.93. The fourth-order valence-electron chi connectivity index (χ4n) is 2.65. The topological polar surface area (TPSA) is 55.0 Å². The molecular weight excluding hydrogens is 212 g/mol. The highest BCUT2D eigenvalue weighted by atomic mass is 15.2. The molecule has 0 amide bonds. The van der Waals surface area contributed by atoms with Crippen LogP contribution in [0.2, 0.25) is 0 Å². The first-order valence-corrected chi connectivity index (χ1v) is 6.47. The average molecular weight is 234 g/mol. The lowest BCUT2D eigenvalue weighted by molar-refractivity contribution is 0.337. The summed E-state index contributed by atoms with van der Waals surface area (Å²) in [6, 6.07) is 0. The molecule has 4 heteroatoms. The molecule has 1 aliphatic heterocycles. The van der Waals surface area contributed by atoms with Gasteiger partial charge in [0.1, 0.15) is 6.33 Å². The smallest absolute Gasteiger partial charge is 0.155 e. The molecule has 0 aromatic carbocycles. The van der Waals surface area contributed by atoms with Crippen LogP contribution in [-0.4, -0.2) is 23.1 Å². The first-order valence-electron chi connectivity index (χ1n) is 6.47. The third kappa shape index (κ3) is 3.08. The van der Waals surface area contributed by atoms with Gasteiger partial charge in [-0.3, -0.25) is 0 Å². The summed E-state index contributed by atoms with van der Waals surface area (Å²) in [6.07, 6.45) is 7.10. The Labute approximate surface area is 103 Å². The number of nitrogen functional groups attached to an aromatic ring is 1. The van der Waals surface area contributed by atoms with E-state index in [2.05, 4.69) is 28.7 Å². The van der Waals surface area contributed by atoms with Crippen LogP contribution in [0, 0.1) is 11.8 Å². The van der Waals surface area contributed by atoms with E-state index in [0.29, 0.717) is 5.69 Å². The molecule has 1 saturated heterocycles. The lowest BCUT2D eigenvalue weighted by Gasteiger charge is -2.33. The van der Waals surface area contributed by atoms with Crippen molar-refractivity contribution in [2.45, 2.75) is 33.1 Å². The van der Waals surface area contributed by atoms with Gasteiger partial charge in [-0.2, -0.15) is 0 Å². The zero-order chi connectivity index (χ0) is 12.3. The number of hydrogen-bond acceptors (Lipinski definition) is 4. The van der Waals surface area contributed by atoms with E-state index < -0.39 is 0 Å². The van der Waals surface area contributed by atoms with Gasteiger partial charge in [0.15, 0.2) is 5.82 Å². The number of rotatable bonds is 3. The van der Waals surface area contributed by atoms with E-state index >= 15 is 0 Å². The van der Waals surface area contributed by atoms with Gasteiger partial charge in [0.2, 0.25) is 0 Å². The number of nitrogens with two attached hydrogens (primary N) is 1. The number of anilines is 2. The van der Waals surface area contributed by atoms with Crippen molar-refractivity contribution in [1.29, 1.82) is 0 Å². The van der Waals surface area contributed by atoms with Crippen LogP contribution >= 0.6 is 0 Å². The molecule has 1 aromatic rings. The van der Waals surface area contributed by atoms with Crippen molar-refractivity contribution in [3.63, 3.8) is 0 Å². The summed E-state index contributed by atoms with van der Waals surface area (Å²) in [6.45, 7) is 6.74. The Morgan fingerprint density at radius 1 is 1.41 bits per heavy atom. The van der Waals surface area contributed by atoms with Crippen LogP contribution < -0.4 is 10.6 Å². The summed E-state index contributed by atoms with van der Waals surface area (Å²) in [5, 5.41) is 0. The minimum absolute atomic E-state index is 0.690. The predicted molar refractivity (Wildman–Crippen MR) is 70.8 cm³/mol. The molecule has 0 atom stereocenters. The van der Waals surface area contributed by atoms with Crippen molar-refractivity contribution >= 4 is 11.5 Å². The molecule has 0 radical (unpaired) electrons. The highest BCUT2D eigenvalue weighted by molar-refractivity contribution is 5.60. The van der Waals surface area contributed by atoms with Crippen molar-refractivity contribution in [2.75, 3.05) is 23.7 Å². The summed E-state index contributed by atoms with van der Waals surface area (Å²) < 4.78 is 0. The van der Waals surface area contributed by atoms with E-state index in [4.69, 9.17) is 5.73 Å². The zero-order valence-corrected chi connectivity index (χ0v) is 10.8. The standard InChI is InChI=1S/C13H22N4/c1-10(2)7-11-3-5-17(6-4-11)13-12(14)8-15-9-16-13/h8-11H,3-7,14H2,1-2H3. The van der Waals surface area contributed by atoms with E-state index in [9.17, 15) is 0 Å². The van der Waals surface area contributed by atoms with Crippen molar-refractivity contribution in [3.8, 4) is 0 Å². The molecule has 0 aliphatic carbocycles. The Kier molecular flexibility index (Phi) is 3.82.